The maximum Gasteiger partial charge on any atom is 0.344 e. The van der Waals surface area contributed by atoms with Crippen molar-refractivity contribution < 1.29 is 28.6 Å². The van der Waals surface area contributed by atoms with Gasteiger partial charge in [-0.15, -0.1) is 0 Å². The highest BCUT2D eigenvalue weighted by molar-refractivity contribution is 5.98. The number of carbonyl (C=O) groups is 3. The van der Waals surface area contributed by atoms with Crippen molar-refractivity contribution >= 4 is 23.3 Å². The molecule has 1 N–H and O–H groups in total. The molecule has 0 saturated heterocycles. The highest BCUT2D eigenvalue weighted by Gasteiger charge is 2.19. The number of ketones is 1. The molecule has 0 aliphatic rings. The number of hydrogen-bond acceptors (Lipinski definition) is 6. The first-order valence-electron chi connectivity index (χ1n) is 8.86. The Balaban J connectivity index is 1.87. The van der Waals surface area contributed by atoms with Crippen LogP contribution in [-0.4, -0.2) is 37.0 Å². The molecule has 1 amide bonds. The van der Waals surface area contributed by atoms with Gasteiger partial charge in [0.05, 0.1) is 6.61 Å². The SMILES string of the molecule is CCOc1ccccc1OCC(=O)O[C@@H](C)C(=O)Nc1cccc(C(C)=O)c1. The fourth-order valence-electron chi connectivity index (χ4n) is 2.33. The molecule has 0 heterocycles. The predicted octanol–water partition coefficient (Wildman–Crippen LogP) is 3.24. The fraction of sp³-hybridized carbons (Fsp3) is 0.286. The van der Waals surface area contributed by atoms with Crippen LogP contribution in [0.3, 0.4) is 0 Å². The number of anilines is 1. The summed E-state index contributed by atoms with van der Waals surface area (Å²) in [5.74, 6) is -0.372. The molecule has 7 nitrogen and oxygen atoms in total. The van der Waals surface area contributed by atoms with Crippen LogP contribution in [-0.2, 0) is 14.3 Å². The average Bonchev–Trinajstić information content (AvgIpc) is 2.67. The van der Waals surface area contributed by atoms with Gasteiger partial charge in [-0.05, 0) is 45.0 Å². The molecule has 0 fully saturated rings. The molecule has 1 atom stereocenters. The highest BCUT2D eigenvalue weighted by Crippen LogP contribution is 2.26. The lowest BCUT2D eigenvalue weighted by molar-refractivity contribution is -0.155. The van der Waals surface area contributed by atoms with Gasteiger partial charge in [0.2, 0.25) is 0 Å². The van der Waals surface area contributed by atoms with Crippen LogP contribution in [0.2, 0.25) is 0 Å². The molecule has 2 aromatic carbocycles. The zero-order chi connectivity index (χ0) is 20.5. The van der Waals surface area contributed by atoms with E-state index in [-0.39, 0.29) is 12.4 Å². The Labute approximate surface area is 163 Å². The molecule has 28 heavy (non-hydrogen) atoms. The number of nitrogens with one attached hydrogen (secondary N) is 1. The topological polar surface area (TPSA) is 90.9 Å². The number of rotatable bonds is 9. The average molecular weight is 385 g/mol. The summed E-state index contributed by atoms with van der Waals surface area (Å²) in [4.78, 5) is 35.6. The molecule has 0 bridgehead atoms. The summed E-state index contributed by atoms with van der Waals surface area (Å²) in [6, 6.07) is 13.5. The second-order valence-electron chi connectivity index (χ2n) is 5.93. The number of ether oxygens (including phenoxy) is 3. The third-order valence-electron chi connectivity index (χ3n) is 3.71. The van der Waals surface area contributed by atoms with E-state index < -0.39 is 18.0 Å². The fourth-order valence-corrected chi connectivity index (χ4v) is 2.33. The van der Waals surface area contributed by atoms with Crippen LogP contribution in [0.5, 0.6) is 11.5 Å². The van der Waals surface area contributed by atoms with Crippen LogP contribution in [0.15, 0.2) is 48.5 Å². The van der Waals surface area contributed by atoms with Crippen LogP contribution in [0.4, 0.5) is 5.69 Å². The molecule has 0 aromatic heterocycles. The minimum Gasteiger partial charge on any atom is -0.490 e. The Morgan fingerprint density at radius 3 is 2.32 bits per heavy atom. The molecule has 0 unspecified atom stereocenters. The second-order valence-corrected chi connectivity index (χ2v) is 5.93. The van der Waals surface area contributed by atoms with E-state index in [2.05, 4.69) is 5.32 Å². The van der Waals surface area contributed by atoms with Crippen molar-refractivity contribution in [2.45, 2.75) is 26.9 Å². The summed E-state index contributed by atoms with van der Waals surface area (Å²) >= 11 is 0. The first kappa shape index (κ1) is 21.0. The minimum atomic E-state index is -1.03. The third-order valence-corrected chi connectivity index (χ3v) is 3.71. The number of para-hydroxylation sites is 2. The van der Waals surface area contributed by atoms with Gasteiger partial charge in [0.1, 0.15) is 0 Å². The molecule has 0 spiro atoms. The first-order valence-corrected chi connectivity index (χ1v) is 8.86. The van der Waals surface area contributed by atoms with Crippen LogP contribution >= 0.6 is 0 Å². The number of Topliss-reactive ketones (excluding diaryl/α,β-unsaturated/α-hetero) is 1. The minimum absolute atomic E-state index is 0.111. The van der Waals surface area contributed by atoms with E-state index in [0.717, 1.165) is 0 Å². The second kappa shape index (κ2) is 10.1. The van der Waals surface area contributed by atoms with Gasteiger partial charge in [0.25, 0.3) is 5.91 Å². The Bertz CT molecular complexity index is 848. The Morgan fingerprint density at radius 1 is 1.00 bits per heavy atom. The van der Waals surface area contributed by atoms with Gasteiger partial charge in [0.15, 0.2) is 30.0 Å². The van der Waals surface area contributed by atoms with E-state index in [1.165, 1.54) is 13.8 Å². The van der Waals surface area contributed by atoms with Crippen molar-refractivity contribution in [1.82, 2.24) is 0 Å². The Kier molecular flexibility index (Phi) is 7.56. The molecule has 0 aliphatic carbocycles. The summed E-state index contributed by atoms with van der Waals surface area (Å²) in [6.07, 6.45) is -1.03. The number of carbonyl (C=O) groups excluding carboxylic acids is 3. The van der Waals surface area contributed by atoms with Crippen LogP contribution in [0.1, 0.15) is 31.1 Å². The number of esters is 1. The lowest BCUT2D eigenvalue weighted by Gasteiger charge is -2.15. The number of benzene rings is 2. The van der Waals surface area contributed by atoms with Gasteiger partial charge in [-0.25, -0.2) is 4.79 Å². The summed E-state index contributed by atoms with van der Waals surface area (Å²) < 4.78 is 15.9. The Morgan fingerprint density at radius 2 is 1.68 bits per heavy atom. The van der Waals surface area contributed by atoms with E-state index in [0.29, 0.717) is 29.4 Å². The van der Waals surface area contributed by atoms with Crippen molar-refractivity contribution in [3.63, 3.8) is 0 Å². The number of hydrogen-bond donors (Lipinski definition) is 1. The van der Waals surface area contributed by atoms with E-state index in [1.807, 2.05) is 6.92 Å². The van der Waals surface area contributed by atoms with Crippen LogP contribution in [0.25, 0.3) is 0 Å². The van der Waals surface area contributed by atoms with Gasteiger partial charge in [0, 0.05) is 11.3 Å². The quantitative estimate of drug-likeness (QED) is 0.526. The Hall–Kier alpha value is -3.35. The molecule has 148 valence electrons. The molecule has 2 rings (SSSR count). The highest BCUT2D eigenvalue weighted by atomic mass is 16.6. The van der Waals surface area contributed by atoms with Crippen molar-refractivity contribution in [3.05, 3.63) is 54.1 Å². The van der Waals surface area contributed by atoms with Gasteiger partial charge < -0.3 is 19.5 Å². The molecule has 0 saturated carbocycles. The molecule has 0 aliphatic heterocycles. The van der Waals surface area contributed by atoms with Gasteiger partial charge in [-0.2, -0.15) is 0 Å². The summed E-state index contributed by atoms with van der Waals surface area (Å²) in [7, 11) is 0. The summed E-state index contributed by atoms with van der Waals surface area (Å²) in [6.45, 7) is 4.84. The maximum absolute atomic E-state index is 12.2. The molecule has 2 aromatic rings. The maximum atomic E-state index is 12.2. The van der Waals surface area contributed by atoms with E-state index in [9.17, 15) is 14.4 Å². The normalized spacial score (nSPS) is 11.2. The van der Waals surface area contributed by atoms with E-state index >= 15 is 0 Å². The monoisotopic (exact) mass is 385 g/mol. The predicted molar refractivity (Wildman–Crippen MR) is 104 cm³/mol. The number of amides is 1. The summed E-state index contributed by atoms with van der Waals surface area (Å²) in [5, 5.41) is 2.61. The summed E-state index contributed by atoms with van der Waals surface area (Å²) in [5.41, 5.74) is 0.923. The van der Waals surface area contributed by atoms with Gasteiger partial charge in [-0.1, -0.05) is 24.3 Å². The van der Waals surface area contributed by atoms with Crippen molar-refractivity contribution in [3.8, 4) is 11.5 Å². The van der Waals surface area contributed by atoms with Crippen LogP contribution < -0.4 is 14.8 Å². The standard InChI is InChI=1S/C21H23NO6/c1-4-26-18-10-5-6-11-19(18)27-13-20(24)28-15(3)21(25)22-17-9-7-8-16(12-17)14(2)23/h5-12,15H,4,13H2,1-3H3,(H,22,25)/t15-/m0/s1. The van der Waals surface area contributed by atoms with Crippen LogP contribution in [0, 0.1) is 0 Å². The first-order chi connectivity index (χ1) is 13.4. The lowest BCUT2D eigenvalue weighted by atomic mass is 10.1. The largest absolute Gasteiger partial charge is 0.490 e. The third kappa shape index (κ3) is 6.12. The van der Waals surface area contributed by atoms with Gasteiger partial charge in [-0.3, -0.25) is 9.59 Å². The smallest absolute Gasteiger partial charge is 0.344 e. The zero-order valence-electron chi connectivity index (χ0n) is 16.1. The van der Waals surface area contributed by atoms with Crippen molar-refractivity contribution in [1.29, 1.82) is 0 Å². The molecular formula is C21H23NO6. The molecule has 7 heteroatoms. The molecular weight excluding hydrogens is 362 g/mol. The van der Waals surface area contributed by atoms with Gasteiger partial charge >= 0.3 is 5.97 Å². The van der Waals surface area contributed by atoms with Crippen molar-refractivity contribution in [2.75, 3.05) is 18.5 Å². The zero-order valence-corrected chi connectivity index (χ0v) is 16.1. The lowest BCUT2D eigenvalue weighted by Crippen LogP contribution is -2.31. The van der Waals surface area contributed by atoms with E-state index in [4.69, 9.17) is 14.2 Å². The van der Waals surface area contributed by atoms with Crippen molar-refractivity contribution in [2.24, 2.45) is 0 Å². The molecule has 0 radical (unpaired) electrons. The van der Waals surface area contributed by atoms with E-state index in [1.54, 1.807) is 48.5 Å².